The SMILES string of the molecule is Cc1nnc(CN[C@H](c2ccc(Cl)cc2)C2CC2)s1. The maximum absolute atomic E-state index is 5.95. The van der Waals surface area contributed by atoms with E-state index in [0.717, 1.165) is 27.5 Å². The summed E-state index contributed by atoms with van der Waals surface area (Å²) in [7, 11) is 0. The molecule has 5 heteroatoms. The molecule has 100 valence electrons. The summed E-state index contributed by atoms with van der Waals surface area (Å²) in [6.07, 6.45) is 2.60. The van der Waals surface area contributed by atoms with Gasteiger partial charge in [-0.25, -0.2) is 0 Å². The summed E-state index contributed by atoms with van der Waals surface area (Å²) in [6, 6.07) is 8.56. The molecule has 1 N–H and O–H groups in total. The lowest BCUT2D eigenvalue weighted by molar-refractivity contribution is 0.478. The smallest absolute Gasteiger partial charge is 0.131 e. The fraction of sp³-hybridized carbons (Fsp3) is 0.429. The normalized spacial score (nSPS) is 16.5. The summed E-state index contributed by atoms with van der Waals surface area (Å²) >= 11 is 7.60. The fourth-order valence-corrected chi connectivity index (χ4v) is 3.05. The van der Waals surface area contributed by atoms with E-state index in [4.69, 9.17) is 11.6 Å². The van der Waals surface area contributed by atoms with E-state index in [2.05, 4.69) is 27.6 Å². The molecular formula is C14H16ClN3S. The Bertz CT molecular complexity index is 548. The average molecular weight is 294 g/mol. The quantitative estimate of drug-likeness (QED) is 0.912. The minimum absolute atomic E-state index is 0.404. The molecule has 1 atom stereocenters. The van der Waals surface area contributed by atoms with Crippen molar-refractivity contribution in [3.63, 3.8) is 0 Å². The Kier molecular flexibility index (Phi) is 3.82. The molecule has 1 aliphatic carbocycles. The van der Waals surface area contributed by atoms with E-state index >= 15 is 0 Å². The van der Waals surface area contributed by atoms with Gasteiger partial charge in [-0.3, -0.25) is 0 Å². The number of aryl methyl sites for hydroxylation is 1. The third-order valence-corrected chi connectivity index (χ3v) is 4.45. The van der Waals surface area contributed by atoms with Gasteiger partial charge in [0.05, 0.1) is 6.54 Å². The van der Waals surface area contributed by atoms with Crippen molar-refractivity contribution in [1.29, 1.82) is 0 Å². The molecule has 2 aromatic rings. The molecule has 1 aromatic carbocycles. The summed E-state index contributed by atoms with van der Waals surface area (Å²) < 4.78 is 0. The van der Waals surface area contributed by atoms with Gasteiger partial charge in [0.2, 0.25) is 0 Å². The van der Waals surface area contributed by atoms with Crippen LogP contribution in [-0.2, 0) is 6.54 Å². The zero-order valence-corrected chi connectivity index (χ0v) is 12.3. The summed E-state index contributed by atoms with van der Waals surface area (Å²) in [4.78, 5) is 0. The first kappa shape index (κ1) is 13.0. The minimum atomic E-state index is 0.404. The van der Waals surface area contributed by atoms with Gasteiger partial charge in [-0.1, -0.05) is 23.7 Å². The predicted molar refractivity (Wildman–Crippen MR) is 78.4 cm³/mol. The fourth-order valence-electron chi connectivity index (χ4n) is 2.26. The number of hydrogen-bond donors (Lipinski definition) is 1. The van der Waals surface area contributed by atoms with E-state index in [0.29, 0.717) is 6.04 Å². The van der Waals surface area contributed by atoms with Gasteiger partial charge in [0, 0.05) is 11.1 Å². The molecule has 1 fully saturated rings. The first-order chi connectivity index (χ1) is 9.22. The third-order valence-electron chi connectivity index (χ3n) is 3.36. The Morgan fingerprint density at radius 2 is 2.05 bits per heavy atom. The molecular weight excluding hydrogens is 278 g/mol. The summed E-state index contributed by atoms with van der Waals surface area (Å²) in [5, 5.41) is 14.7. The number of nitrogens with zero attached hydrogens (tertiary/aromatic N) is 2. The highest BCUT2D eigenvalue weighted by atomic mass is 35.5. The van der Waals surface area contributed by atoms with Gasteiger partial charge in [-0.2, -0.15) is 0 Å². The number of halogens is 1. The average Bonchev–Trinajstić information content (AvgIpc) is 3.15. The summed E-state index contributed by atoms with van der Waals surface area (Å²) in [6.45, 7) is 2.77. The Balaban J connectivity index is 1.69. The first-order valence-electron chi connectivity index (χ1n) is 6.50. The first-order valence-corrected chi connectivity index (χ1v) is 7.69. The molecule has 1 aromatic heterocycles. The summed E-state index contributed by atoms with van der Waals surface area (Å²) in [5.74, 6) is 0.746. The highest BCUT2D eigenvalue weighted by Gasteiger charge is 2.32. The zero-order valence-electron chi connectivity index (χ0n) is 10.8. The van der Waals surface area contributed by atoms with Crippen LogP contribution in [0.4, 0.5) is 0 Å². The second kappa shape index (κ2) is 5.57. The Labute approximate surface area is 122 Å². The van der Waals surface area contributed by atoms with Gasteiger partial charge < -0.3 is 5.32 Å². The van der Waals surface area contributed by atoms with E-state index in [9.17, 15) is 0 Å². The van der Waals surface area contributed by atoms with Gasteiger partial charge in [-0.15, -0.1) is 21.5 Å². The monoisotopic (exact) mass is 293 g/mol. The molecule has 3 nitrogen and oxygen atoms in total. The molecule has 0 unspecified atom stereocenters. The van der Waals surface area contributed by atoms with Crippen molar-refractivity contribution in [1.82, 2.24) is 15.5 Å². The van der Waals surface area contributed by atoms with Crippen molar-refractivity contribution in [2.45, 2.75) is 32.4 Å². The van der Waals surface area contributed by atoms with Gasteiger partial charge >= 0.3 is 0 Å². The number of aromatic nitrogens is 2. The topological polar surface area (TPSA) is 37.8 Å². The molecule has 1 aliphatic rings. The molecule has 0 saturated heterocycles. The number of nitrogens with one attached hydrogen (secondary N) is 1. The number of hydrogen-bond acceptors (Lipinski definition) is 4. The molecule has 3 rings (SSSR count). The maximum atomic E-state index is 5.95. The molecule has 0 aliphatic heterocycles. The van der Waals surface area contributed by atoms with Gasteiger partial charge in [0.1, 0.15) is 10.0 Å². The van der Waals surface area contributed by atoms with Crippen molar-refractivity contribution in [3.05, 3.63) is 44.9 Å². The zero-order chi connectivity index (χ0) is 13.2. The summed E-state index contributed by atoms with van der Waals surface area (Å²) in [5.41, 5.74) is 1.31. The molecule has 1 saturated carbocycles. The second-order valence-electron chi connectivity index (χ2n) is 4.96. The van der Waals surface area contributed by atoms with E-state index in [1.807, 2.05) is 19.1 Å². The Morgan fingerprint density at radius 1 is 1.32 bits per heavy atom. The van der Waals surface area contributed by atoms with E-state index in [1.165, 1.54) is 18.4 Å². The highest BCUT2D eigenvalue weighted by molar-refractivity contribution is 7.11. The Morgan fingerprint density at radius 3 is 2.63 bits per heavy atom. The largest absolute Gasteiger partial charge is 0.303 e. The van der Waals surface area contributed by atoms with Crippen LogP contribution in [0.1, 0.15) is 34.5 Å². The van der Waals surface area contributed by atoms with Crippen molar-refractivity contribution in [2.24, 2.45) is 5.92 Å². The lowest BCUT2D eigenvalue weighted by Gasteiger charge is -2.18. The third kappa shape index (κ3) is 3.32. The van der Waals surface area contributed by atoms with Crippen molar-refractivity contribution < 1.29 is 0 Å². The van der Waals surface area contributed by atoms with Crippen LogP contribution < -0.4 is 5.32 Å². The van der Waals surface area contributed by atoms with Crippen LogP contribution in [-0.4, -0.2) is 10.2 Å². The van der Waals surface area contributed by atoms with Crippen LogP contribution in [0.5, 0.6) is 0 Å². The molecule has 19 heavy (non-hydrogen) atoms. The maximum Gasteiger partial charge on any atom is 0.131 e. The van der Waals surface area contributed by atoms with E-state index < -0.39 is 0 Å². The standard InChI is InChI=1S/C14H16ClN3S/c1-9-17-18-13(19-9)8-16-14(10-2-3-10)11-4-6-12(15)7-5-11/h4-7,10,14,16H,2-3,8H2,1H3/t14-/m0/s1. The van der Waals surface area contributed by atoms with Crippen molar-refractivity contribution in [3.8, 4) is 0 Å². The van der Waals surface area contributed by atoms with Gasteiger partial charge in [-0.05, 0) is 43.4 Å². The minimum Gasteiger partial charge on any atom is -0.303 e. The van der Waals surface area contributed by atoms with Crippen LogP contribution in [0, 0.1) is 12.8 Å². The predicted octanol–water partition coefficient (Wildman–Crippen LogP) is 3.74. The second-order valence-corrected chi connectivity index (χ2v) is 6.67. The van der Waals surface area contributed by atoms with Gasteiger partial charge in [0.15, 0.2) is 0 Å². The van der Waals surface area contributed by atoms with Crippen LogP contribution in [0.3, 0.4) is 0 Å². The Hall–Kier alpha value is -0.970. The lowest BCUT2D eigenvalue weighted by Crippen LogP contribution is -2.22. The van der Waals surface area contributed by atoms with Crippen LogP contribution in [0.2, 0.25) is 5.02 Å². The molecule has 0 spiro atoms. The van der Waals surface area contributed by atoms with Crippen LogP contribution >= 0.6 is 22.9 Å². The lowest BCUT2D eigenvalue weighted by atomic mass is 10.0. The van der Waals surface area contributed by atoms with E-state index in [1.54, 1.807) is 11.3 Å². The van der Waals surface area contributed by atoms with E-state index in [-0.39, 0.29) is 0 Å². The van der Waals surface area contributed by atoms with Gasteiger partial charge in [0.25, 0.3) is 0 Å². The van der Waals surface area contributed by atoms with Crippen LogP contribution in [0.25, 0.3) is 0 Å². The van der Waals surface area contributed by atoms with Crippen molar-refractivity contribution in [2.75, 3.05) is 0 Å². The molecule has 1 heterocycles. The molecule has 0 amide bonds. The van der Waals surface area contributed by atoms with Crippen molar-refractivity contribution >= 4 is 22.9 Å². The molecule has 0 bridgehead atoms. The number of benzene rings is 1. The van der Waals surface area contributed by atoms with Crippen LogP contribution in [0.15, 0.2) is 24.3 Å². The number of rotatable bonds is 5. The molecule has 0 radical (unpaired) electrons. The highest BCUT2D eigenvalue weighted by Crippen LogP contribution is 2.41.